The molecule has 2 nitrogen and oxygen atoms in total. The predicted molar refractivity (Wildman–Crippen MR) is 44.2 cm³/mol. The number of aliphatic hydroxyl groups is 1. The number of pyridine rings is 1. The molecule has 1 aromatic rings. The van der Waals surface area contributed by atoms with Crippen LogP contribution in [0.5, 0.6) is 0 Å². The van der Waals surface area contributed by atoms with Crippen molar-refractivity contribution in [2.45, 2.75) is 26.4 Å². The second-order valence-electron chi connectivity index (χ2n) is 2.60. The smallest absolute Gasteiger partial charge is 0.0779 e. The average Bonchev–Trinajstić information content (AvgIpc) is 2.04. The van der Waals surface area contributed by atoms with Crippen LogP contribution in [0.3, 0.4) is 0 Å². The maximum absolute atomic E-state index is 9.30. The van der Waals surface area contributed by atoms with E-state index in [1.54, 1.807) is 19.3 Å². The van der Waals surface area contributed by atoms with Gasteiger partial charge in [-0.05, 0) is 25.0 Å². The van der Waals surface area contributed by atoms with Gasteiger partial charge in [-0.25, -0.2) is 0 Å². The van der Waals surface area contributed by atoms with Crippen LogP contribution in [-0.4, -0.2) is 10.1 Å². The molecular weight excluding hydrogens is 138 g/mol. The summed E-state index contributed by atoms with van der Waals surface area (Å²) in [4.78, 5) is 3.95. The maximum Gasteiger partial charge on any atom is 0.0779 e. The Morgan fingerprint density at radius 3 is 2.82 bits per heavy atom. The second-order valence-corrected chi connectivity index (χ2v) is 2.60. The summed E-state index contributed by atoms with van der Waals surface area (Å²) in [6, 6.07) is 1.95. The highest BCUT2D eigenvalue weighted by Crippen LogP contribution is 2.15. The molecule has 0 saturated carbocycles. The van der Waals surface area contributed by atoms with Crippen molar-refractivity contribution in [2.75, 3.05) is 0 Å². The summed E-state index contributed by atoms with van der Waals surface area (Å²) in [6.07, 6.45) is 4.02. The first-order chi connectivity index (χ1) is 5.25. The van der Waals surface area contributed by atoms with Crippen LogP contribution in [0, 0.1) is 0 Å². The lowest BCUT2D eigenvalue weighted by Gasteiger charge is -2.08. The molecule has 11 heavy (non-hydrogen) atoms. The molecule has 1 atom stereocenters. The van der Waals surface area contributed by atoms with E-state index >= 15 is 0 Å². The van der Waals surface area contributed by atoms with Gasteiger partial charge in [0.2, 0.25) is 0 Å². The maximum atomic E-state index is 9.30. The first-order valence-corrected chi connectivity index (χ1v) is 3.86. The minimum atomic E-state index is -0.404. The highest BCUT2D eigenvalue weighted by atomic mass is 16.3. The van der Waals surface area contributed by atoms with Crippen LogP contribution >= 0.6 is 0 Å². The summed E-state index contributed by atoms with van der Waals surface area (Å²) in [5.74, 6) is 0. The highest BCUT2D eigenvalue weighted by Gasteiger charge is 2.04. The van der Waals surface area contributed by atoms with E-state index < -0.39 is 6.10 Å². The molecule has 0 aliphatic heterocycles. The molecule has 0 radical (unpaired) electrons. The third-order valence-electron chi connectivity index (χ3n) is 1.78. The number of aromatic nitrogens is 1. The molecule has 0 aromatic carbocycles. The standard InChI is InChI=1S/C9H13NO/c1-3-8-4-5-10-6-9(8)7(2)11/h4-7,11H,3H2,1-2H3/t7-/m1/s1. The van der Waals surface area contributed by atoms with Gasteiger partial charge in [0.25, 0.3) is 0 Å². The third kappa shape index (κ3) is 1.77. The normalized spacial score (nSPS) is 13.0. The van der Waals surface area contributed by atoms with Crippen molar-refractivity contribution < 1.29 is 5.11 Å². The van der Waals surface area contributed by atoms with E-state index in [2.05, 4.69) is 11.9 Å². The summed E-state index contributed by atoms with van der Waals surface area (Å²) in [6.45, 7) is 3.83. The fourth-order valence-corrected chi connectivity index (χ4v) is 1.13. The molecule has 60 valence electrons. The number of hydrogen-bond donors (Lipinski definition) is 1. The van der Waals surface area contributed by atoms with Crippen LogP contribution in [0.4, 0.5) is 0 Å². The quantitative estimate of drug-likeness (QED) is 0.697. The Hall–Kier alpha value is -0.890. The van der Waals surface area contributed by atoms with Gasteiger partial charge in [-0.1, -0.05) is 6.92 Å². The minimum Gasteiger partial charge on any atom is -0.389 e. The second kappa shape index (κ2) is 3.49. The average molecular weight is 151 g/mol. The summed E-state index contributed by atoms with van der Waals surface area (Å²) in [5.41, 5.74) is 2.12. The lowest BCUT2D eigenvalue weighted by Crippen LogP contribution is -1.97. The zero-order valence-corrected chi connectivity index (χ0v) is 6.91. The van der Waals surface area contributed by atoms with Crippen LogP contribution in [0.15, 0.2) is 18.5 Å². The number of hydrogen-bond acceptors (Lipinski definition) is 2. The number of aryl methyl sites for hydroxylation is 1. The number of nitrogens with zero attached hydrogens (tertiary/aromatic N) is 1. The Balaban J connectivity index is 3.02. The van der Waals surface area contributed by atoms with Crippen molar-refractivity contribution in [1.82, 2.24) is 4.98 Å². The Labute approximate surface area is 66.9 Å². The fraction of sp³-hybridized carbons (Fsp3) is 0.444. The minimum absolute atomic E-state index is 0.404. The van der Waals surface area contributed by atoms with Gasteiger partial charge in [-0.15, -0.1) is 0 Å². The van der Waals surface area contributed by atoms with Crippen molar-refractivity contribution in [3.8, 4) is 0 Å². The molecule has 0 aliphatic rings. The van der Waals surface area contributed by atoms with E-state index in [4.69, 9.17) is 0 Å². The van der Waals surface area contributed by atoms with Crippen molar-refractivity contribution in [3.63, 3.8) is 0 Å². The molecule has 0 amide bonds. The van der Waals surface area contributed by atoms with Crippen LogP contribution in [-0.2, 0) is 6.42 Å². The van der Waals surface area contributed by atoms with E-state index in [1.807, 2.05) is 6.07 Å². The largest absolute Gasteiger partial charge is 0.389 e. The lowest BCUT2D eigenvalue weighted by molar-refractivity contribution is 0.198. The molecule has 1 rings (SSSR count). The first kappa shape index (κ1) is 8.21. The van der Waals surface area contributed by atoms with Gasteiger partial charge in [0.15, 0.2) is 0 Å². The summed E-state index contributed by atoms with van der Waals surface area (Å²) >= 11 is 0. The topological polar surface area (TPSA) is 33.1 Å². The van der Waals surface area contributed by atoms with E-state index in [1.165, 1.54) is 5.56 Å². The number of rotatable bonds is 2. The molecule has 0 fully saturated rings. The van der Waals surface area contributed by atoms with Crippen molar-refractivity contribution in [2.24, 2.45) is 0 Å². The predicted octanol–water partition coefficient (Wildman–Crippen LogP) is 1.70. The monoisotopic (exact) mass is 151 g/mol. The van der Waals surface area contributed by atoms with Gasteiger partial charge in [-0.2, -0.15) is 0 Å². The molecular formula is C9H13NO. The van der Waals surface area contributed by atoms with E-state index in [9.17, 15) is 5.11 Å². The summed E-state index contributed by atoms with van der Waals surface area (Å²) in [7, 11) is 0. The van der Waals surface area contributed by atoms with Crippen LogP contribution in [0.2, 0.25) is 0 Å². The SMILES string of the molecule is CCc1ccncc1[C@@H](C)O. The van der Waals surface area contributed by atoms with Gasteiger partial charge in [0, 0.05) is 18.0 Å². The number of aliphatic hydroxyl groups excluding tert-OH is 1. The molecule has 0 saturated heterocycles. The summed E-state index contributed by atoms with van der Waals surface area (Å²) in [5, 5.41) is 9.30. The van der Waals surface area contributed by atoms with Gasteiger partial charge in [0.05, 0.1) is 6.10 Å². The van der Waals surface area contributed by atoms with Crippen molar-refractivity contribution in [1.29, 1.82) is 0 Å². The molecule has 1 heterocycles. The Morgan fingerprint density at radius 2 is 2.36 bits per heavy atom. The highest BCUT2D eigenvalue weighted by molar-refractivity contribution is 5.24. The lowest BCUT2D eigenvalue weighted by atomic mass is 10.0. The molecule has 0 unspecified atom stereocenters. The van der Waals surface area contributed by atoms with Crippen LogP contribution in [0.1, 0.15) is 31.1 Å². The first-order valence-electron chi connectivity index (χ1n) is 3.86. The third-order valence-corrected chi connectivity index (χ3v) is 1.78. The van der Waals surface area contributed by atoms with E-state index in [0.717, 1.165) is 12.0 Å². The fourth-order valence-electron chi connectivity index (χ4n) is 1.13. The molecule has 0 bridgehead atoms. The van der Waals surface area contributed by atoms with Crippen molar-refractivity contribution in [3.05, 3.63) is 29.6 Å². The molecule has 0 spiro atoms. The van der Waals surface area contributed by atoms with Gasteiger partial charge in [-0.3, -0.25) is 4.98 Å². The Morgan fingerprint density at radius 1 is 1.64 bits per heavy atom. The van der Waals surface area contributed by atoms with Crippen molar-refractivity contribution >= 4 is 0 Å². The van der Waals surface area contributed by atoms with Crippen LogP contribution < -0.4 is 0 Å². The van der Waals surface area contributed by atoms with Gasteiger partial charge in [0.1, 0.15) is 0 Å². The molecule has 1 N–H and O–H groups in total. The molecule has 0 aliphatic carbocycles. The van der Waals surface area contributed by atoms with Gasteiger partial charge < -0.3 is 5.11 Å². The Bertz CT molecular complexity index is 233. The van der Waals surface area contributed by atoms with Crippen LogP contribution in [0.25, 0.3) is 0 Å². The summed E-state index contributed by atoms with van der Waals surface area (Å²) < 4.78 is 0. The van der Waals surface area contributed by atoms with Gasteiger partial charge >= 0.3 is 0 Å². The van der Waals surface area contributed by atoms with E-state index in [-0.39, 0.29) is 0 Å². The molecule has 2 heteroatoms. The zero-order chi connectivity index (χ0) is 8.27. The molecule has 1 aromatic heterocycles. The zero-order valence-electron chi connectivity index (χ0n) is 6.91. The Kier molecular flexibility index (Phi) is 2.60. The van der Waals surface area contributed by atoms with E-state index in [0.29, 0.717) is 0 Å².